The zero-order valence-corrected chi connectivity index (χ0v) is 30.2. The highest BCUT2D eigenvalue weighted by Crippen LogP contribution is 2.36. The van der Waals surface area contributed by atoms with E-state index in [-0.39, 0.29) is 30.2 Å². The van der Waals surface area contributed by atoms with Crippen LogP contribution >= 0.6 is 34.5 Å². The molecule has 0 unspecified atom stereocenters. The van der Waals surface area contributed by atoms with Crippen LogP contribution in [0.1, 0.15) is 49.3 Å². The number of nitro groups is 1. The van der Waals surface area contributed by atoms with E-state index in [0.29, 0.717) is 60.1 Å². The number of thiazole rings is 1. The maximum atomic E-state index is 14.2. The van der Waals surface area contributed by atoms with Crippen LogP contribution in [-0.2, 0) is 16.1 Å². The molecule has 0 saturated heterocycles. The minimum absolute atomic E-state index is 0.0949. The summed E-state index contributed by atoms with van der Waals surface area (Å²) >= 11 is 13.5. The average Bonchev–Trinajstić information content (AvgIpc) is 3.69. The molecule has 0 saturated carbocycles. The molecule has 0 radical (unpaired) electrons. The molecular formula is C37H31Cl2N3O8S. The second-order valence-electron chi connectivity index (χ2n) is 11.4. The van der Waals surface area contributed by atoms with Gasteiger partial charge in [-0.15, -0.1) is 0 Å². The minimum Gasteiger partial charge on any atom is -0.490 e. The molecule has 1 aliphatic rings. The van der Waals surface area contributed by atoms with Gasteiger partial charge in [-0.3, -0.25) is 19.5 Å². The molecule has 262 valence electrons. The Morgan fingerprint density at radius 3 is 2.55 bits per heavy atom. The molecule has 11 nitrogen and oxygen atoms in total. The molecule has 2 aromatic heterocycles. The van der Waals surface area contributed by atoms with Gasteiger partial charge in [0.15, 0.2) is 16.3 Å². The van der Waals surface area contributed by atoms with E-state index in [1.807, 2.05) is 13.8 Å². The van der Waals surface area contributed by atoms with E-state index >= 15 is 0 Å². The molecule has 3 aromatic carbocycles. The van der Waals surface area contributed by atoms with Gasteiger partial charge in [-0.05, 0) is 81.3 Å². The average molecular weight is 749 g/mol. The molecule has 0 spiro atoms. The predicted molar refractivity (Wildman–Crippen MR) is 194 cm³/mol. The SMILES string of the molecule is CCOC(=O)C1=C(C)N=c2s/c(=C\c3ccc(OCc4ccc(Cl)cc4Cl)c(OCC)c3)c(=O)n2[C@H]1c1ccc(-c2cc([N+](=O)[O-])ccc2C)o1. The number of aryl methyl sites for hydroxylation is 1. The number of carbonyl (C=O) groups excluding carboxylic acids is 1. The summed E-state index contributed by atoms with van der Waals surface area (Å²) in [6, 6.07) is 17.3. The molecule has 0 bridgehead atoms. The summed E-state index contributed by atoms with van der Waals surface area (Å²) in [5, 5.41) is 12.5. The lowest BCUT2D eigenvalue weighted by Crippen LogP contribution is -2.39. The number of hydrogen-bond acceptors (Lipinski definition) is 10. The summed E-state index contributed by atoms with van der Waals surface area (Å²) in [5.41, 5.74) is 2.70. The van der Waals surface area contributed by atoms with Crippen molar-refractivity contribution in [2.45, 2.75) is 40.3 Å². The molecule has 0 N–H and O–H groups in total. The number of esters is 1. The summed E-state index contributed by atoms with van der Waals surface area (Å²) < 4.78 is 25.3. The molecule has 0 fully saturated rings. The second-order valence-corrected chi connectivity index (χ2v) is 13.3. The highest BCUT2D eigenvalue weighted by Gasteiger charge is 2.35. The number of carbonyl (C=O) groups is 1. The van der Waals surface area contributed by atoms with Gasteiger partial charge in [-0.2, -0.15) is 0 Å². The Labute approximate surface area is 305 Å². The van der Waals surface area contributed by atoms with Gasteiger partial charge in [0.1, 0.15) is 24.2 Å². The van der Waals surface area contributed by atoms with Crippen molar-refractivity contribution in [3.63, 3.8) is 0 Å². The third kappa shape index (κ3) is 7.34. The molecule has 6 rings (SSSR count). The topological polar surface area (TPSA) is 135 Å². The standard InChI is InChI=1S/C37H31Cl2N3O8S/c1-5-47-31-15-22(8-12-29(31)49-19-23-9-10-24(38)17-27(23)39)16-32-35(43)41-34(33(36(44)48-6-2)21(4)40-37(41)51-32)30-14-13-28(50-30)26-18-25(42(45)46)11-7-20(26)3/h7-18,34H,5-6,19H2,1-4H3/b32-16-/t34-/m0/s1. The molecule has 1 atom stereocenters. The molecule has 0 aliphatic carbocycles. The fourth-order valence-corrected chi connectivity index (χ4v) is 7.15. The van der Waals surface area contributed by atoms with E-state index in [1.54, 1.807) is 74.5 Å². The number of fused-ring (bicyclic) bond motifs is 1. The lowest BCUT2D eigenvalue weighted by molar-refractivity contribution is -0.384. The third-order valence-electron chi connectivity index (χ3n) is 8.07. The number of furan rings is 1. The van der Waals surface area contributed by atoms with Gasteiger partial charge in [0.25, 0.3) is 11.2 Å². The van der Waals surface area contributed by atoms with Gasteiger partial charge in [-0.1, -0.05) is 52.7 Å². The number of halogens is 2. The Balaban J connectivity index is 1.41. The van der Waals surface area contributed by atoms with E-state index in [2.05, 4.69) is 4.99 Å². The fourth-order valence-electron chi connectivity index (χ4n) is 5.64. The Morgan fingerprint density at radius 2 is 1.82 bits per heavy atom. The van der Waals surface area contributed by atoms with Crippen molar-refractivity contribution in [3.8, 4) is 22.8 Å². The number of aromatic nitrogens is 1. The number of rotatable bonds is 11. The third-order valence-corrected chi connectivity index (χ3v) is 9.64. The van der Waals surface area contributed by atoms with Crippen molar-refractivity contribution in [1.29, 1.82) is 0 Å². The first kappa shape index (κ1) is 35.6. The quantitative estimate of drug-likeness (QED) is 0.0768. The maximum Gasteiger partial charge on any atom is 0.338 e. The van der Waals surface area contributed by atoms with Gasteiger partial charge >= 0.3 is 5.97 Å². The molecule has 3 heterocycles. The highest BCUT2D eigenvalue weighted by atomic mass is 35.5. The summed E-state index contributed by atoms with van der Waals surface area (Å²) in [4.78, 5) is 43.5. The van der Waals surface area contributed by atoms with E-state index < -0.39 is 22.5 Å². The summed E-state index contributed by atoms with van der Waals surface area (Å²) in [7, 11) is 0. The van der Waals surface area contributed by atoms with Crippen LogP contribution in [0.25, 0.3) is 17.4 Å². The van der Waals surface area contributed by atoms with Crippen LogP contribution in [0.15, 0.2) is 92.2 Å². The molecular weight excluding hydrogens is 717 g/mol. The second kappa shape index (κ2) is 15.0. The Hall–Kier alpha value is -5.17. The van der Waals surface area contributed by atoms with Crippen molar-refractivity contribution in [2.24, 2.45) is 4.99 Å². The van der Waals surface area contributed by atoms with Crippen molar-refractivity contribution >= 4 is 52.3 Å². The Bertz CT molecular complexity index is 2390. The molecule has 51 heavy (non-hydrogen) atoms. The smallest absolute Gasteiger partial charge is 0.338 e. The van der Waals surface area contributed by atoms with E-state index in [4.69, 9.17) is 41.8 Å². The van der Waals surface area contributed by atoms with Gasteiger partial charge in [0.05, 0.1) is 33.9 Å². The zero-order valence-electron chi connectivity index (χ0n) is 27.9. The Kier molecular flexibility index (Phi) is 10.5. The minimum atomic E-state index is -1.01. The molecule has 5 aromatic rings. The van der Waals surface area contributed by atoms with Crippen molar-refractivity contribution in [3.05, 3.63) is 140 Å². The molecule has 1 aliphatic heterocycles. The zero-order chi connectivity index (χ0) is 36.4. The van der Waals surface area contributed by atoms with Crippen LogP contribution in [0.2, 0.25) is 10.0 Å². The number of hydrogen-bond donors (Lipinski definition) is 0. The first-order chi connectivity index (χ1) is 24.5. The first-order valence-corrected chi connectivity index (χ1v) is 17.4. The summed E-state index contributed by atoms with van der Waals surface area (Å²) in [5.74, 6) is 0.933. The monoisotopic (exact) mass is 747 g/mol. The van der Waals surface area contributed by atoms with Crippen LogP contribution in [0.3, 0.4) is 0 Å². The number of nitro benzene ring substituents is 1. The van der Waals surface area contributed by atoms with E-state index in [9.17, 15) is 19.7 Å². The highest BCUT2D eigenvalue weighted by molar-refractivity contribution is 7.07. The molecule has 0 amide bonds. The van der Waals surface area contributed by atoms with Crippen molar-refractivity contribution < 1.29 is 28.3 Å². The number of allylic oxidation sites excluding steroid dienone is 1. The van der Waals surface area contributed by atoms with Gasteiger partial charge < -0.3 is 18.6 Å². The Morgan fingerprint density at radius 1 is 1.02 bits per heavy atom. The van der Waals surface area contributed by atoms with E-state index in [0.717, 1.165) is 22.5 Å². The number of nitrogens with zero attached hydrogens (tertiary/aromatic N) is 3. The van der Waals surface area contributed by atoms with E-state index in [1.165, 1.54) is 16.7 Å². The maximum absolute atomic E-state index is 14.2. The first-order valence-electron chi connectivity index (χ1n) is 15.9. The lowest BCUT2D eigenvalue weighted by Gasteiger charge is -2.22. The van der Waals surface area contributed by atoms with Gasteiger partial charge in [0.2, 0.25) is 0 Å². The van der Waals surface area contributed by atoms with Gasteiger partial charge in [-0.25, -0.2) is 9.79 Å². The van der Waals surface area contributed by atoms with Crippen LogP contribution in [-0.4, -0.2) is 28.7 Å². The summed E-state index contributed by atoms with van der Waals surface area (Å²) in [6.07, 6.45) is 1.71. The summed E-state index contributed by atoms with van der Waals surface area (Å²) in [6.45, 7) is 7.70. The van der Waals surface area contributed by atoms with Gasteiger partial charge in [0, 0.05) is 33.3 Å². The predicted octanol–water partition coefficient (Wildman–Crippen LogP) is 7.56. The van der Waals surface area contributed by atoms with Crippen LogP contribution < -0.4 is 24.4 Å². The van der Waals surface area contributed by atoms with Crippen molar-refractivity contribution in [1.82, 2.24) is 4.57 Å². The number of non-ortho nitro benzene ring substituents is 1. The lowest BCUT2D eigenvalue weighted by atomic mass is 10.0. The van der Waals surface area contributed by atoms with Crippen molar-refractivity contribution in [2.75, 3.05) is 13.2 Å². The number of ether oxygens (including phenoxy) is 3. The normalized spacial score (nSPS) is 14.2. The van der Waals surface area contributed by atoms with Crippen LogP contribution in [0.4, 0.5) is 5.69 Å². The largest absolute Gasteiger partial charge is 0.490 e. The van der Waals surface area contributed by atoms with Crippen LogP contribution in [0.5, 0.6) is 11.5 Å². The molecule has 14 heteroatoms. The van der Waals surface area contributed by atoms with Crippen LogP contribution in [0, 0.1) is 17.0 Å². The fraction of sp³-hybridized carbons (Fsp3) is 0.216. The number of benzene rings is 3.